The average molecular weight is 455 g/mol. The molecule has 2 amide bonds. The Morgan fingerprint density at radius 1 is 0.794 bits per heavy atom. The van der Waals surface area contributed by atoms with Crippen LogP contribution in [0.2, 0.25) is 0 Å². The van der Waals surface area contributed by atoms with Crippen LogP contribution in [0.3, 0.4) is 0 Å². The van der Waals surface area contributed by atoms with E-state index in [1.807, 2.05) is 37.3 Å². The Kier molecular flexibility index (Phi) is 6.64. The molecule has 1 heterocycles. The van der Waals surface area contributed by atoms with Crippen LogP contribution < -0.4 is 16.2 Å². The number of carbonyl (C=O) groups excluding carboxylic acids is 2. The molecule has 7 heteroatoms. The molecule has 0 aliphatic carbocycles. The van der Waals surface area contributed by atoms with E-state index in [4.69, 9.17) is 0 Å². The third-order valence-corrected chi connectivity index (χ3v) is 5.36. The third kappa shape index (κ3) is 4.94. The van der Waals surface area contributed by atoms with E-state index in [2.05, 4.69) is 10.6 Å². The number of hydrogen-bond acceptors (Lipinski definition) is 3. The number of rotatable bonds is 6. The Hall–Kier alpha value is -4.52. The molecule has 0 bridgehead atoms. The fourth-order valence-electron chi connectivity index (χ4n) is 3.52. The van der Waals surface area contributed by atoms with Gasteiger partial charge in [-0.2, -0.15) is 0 Å². The molecule has 0 saturated carbocycles. The summed E-state index contributed by atoms with van der Waals surface area (Å²) in [5, 5.41) is 5.48. The van der Waals surface area contributed by atoms with Crippen molar-refractivity contribution in [2.24, 2.45) is 0 Å². The van der Waals surface area contributed by atoms with E-state index in [1.165, 1.54) is 28.8 Å². The van der Waals surface area contributed by atoms with Crippen molar-refractivity contribution in [3.63, 3.8) is 0 Å². The predicted octanol–water partition coefficient (Wildman–Crippen LogP) is 4.72. The van der Waals surface area contributed by atoms with Gasteiger partial charge in [0.25, 0.3) is 17.4 Å². The van der Waals surface area contributed by atoms with E-state index in [0.717, 1.165) is 5.56 Å². The third-order valence-electron chi connectivity index (χ3n) is 5.36. The molecular formula is C27H22FN3O3. The molecule has 3 aromatic carbocycles. The molecule has 0 saturated heterocycles. The SMILES string of the molecule is CC(NC(=O)c1cccn(-c2ccc(NC(=O)c3ccccc3F)cc2)c1=O)c1ccccc1. The highest BCUT2D eigenvalue weighted by Crippen LogP contribution is 2.16. The minimum atomic E-state index is -0.611. The summed E-state index contributed by atoms with van der Waals surface area (Å²) in [4.78, 5) is 38.1. The topological polar surface area (TPSA) is 80.2 Å². The zero-order valence-corrected chi connectivity index (χ0v) is 18.4. The second-order valence-electron chi connectivity index (χ2n) is 7.68. The van der Waals surface area contributed by atoms with Crippen LogP contribution in [0.5, 0.6) is 0 Å². The summed E-state index contributed by atoms with van der Waals surface area (Å²) in [6.45, 7) is 1.85. The van der Waals surface area contributed by atoms with Crippen LogP contribution in [0.4, 0.5) is 10.1 Å². The molecule has 0 spiro atoms. The zero-order valence-electron chi connectivity index (χ0n) is 18.4. The molecule has 6 nitrogen and oxygen atoms in total. The lowest BCUT2D eigenvalue weighted by atomic mass is 10.1. The van der Waals surface area contributed by atoms with Gasteiger partial charge in [-0.15, -0.1) is 0 Å². The summed E-state index contributed by atoms with van der Waals surface area (Å²) in [5.74, 6) is -1.65. The molecule has 0 aliphatic heterocycles. The number of pyridine rings is 1. The lowest BCUT2D eigenvalue weighted by Gasteiger charge is -2.15. The van der Waals surface area contributed by atoms with Crippen molar-refractivity contribution in [2.75, 3.05) is 5.32 Å². The molecule has 1 unspecified atom stereocenters. The Morgan fingerprint density at radius 2 is 1.44 bits per heavy atom. The molecule has 4 aromatic rings. The standard InChI is InChI=1S/C27H22FN3O3/c1-18(19-8-3-2-4-9-19)29-26(33)23-11-7-17-31(27(23)34)21-15-13-20(14-16-21)30-25(32)22-10-5-6-12-24(22)28/h2-18H,1H3,(H,29,33)(H,30,32). The van der Waals surface area contributed by atoms with E-state index >= 15 is 0 Å². The number of benzene rings is 3. The first-order valence-corrected chi connectivity index (χ1v) is 10.7. The molecule has 2 N–H and O–H groups in total. The molecule has 1 atom stereocenters. The quantitative estimate of drug-likeness (QED) is 0.442. The van der Waals surface area contributed by atoms with Crippen molar-refractivity contribution in [1.29, 1.82) is 0 Å². The van der Waals surface area contributed by atoms with Crippen LogP contribution in [0.1, 0.15) is 39.2 Å². The largest absolute Gasteiger partial charge is 0.345 e. The molecule has 1 aromatic heterocycles. The van der Waals surface area contributed by atoms with Crippen LogP contribution in [0, 0.1) is 5.82 Å². The van der Waals surface area contributed by atoms with Crippen LogP contribution in [0.15, 0.2) is 102 Å². The van der Waals surface area contributed by atoms with Gasteiger partial charge in [-0.05, 0) is 61.0 Å². The first kappa shape index (κ1) is 22.7. The molecule has 0 fully saturated rings. The van der Waals surface area contributed by atoms with Gasteiger partial charge in [-0.3, -0.25) is 19.0 Å². The van der Waals surface area contributed by atoms with E-state index in [0.29, 0.717) is 11.4 Å². The minimum Gasteiger partial charge on any atom is -0.345 e. The second-order valence-corrected chi connectivity index (χ2v) is 7.68. The second kappa shape index (κ2) is 9.95. The number of aromatic nitrogens is 1. The van der Waals surface area contributed by atoms with E-state index in [1.54, 1.807) is 42.6 Å². The number of amides is 2. The van der Waals surface area contributed by atoms with Crippen LogP contribution in [-0.4, -0.2) is 16.4 Å². The van der Waals surface area contributed by atoms with Crippen molar-refractivity contribution in [3.05, 3.63) is 130 Å². The Labute approximate surface area is 195 Å². The number of hydrogen-bond donors (Lipinski definition) is 2. The molecule has 170 valence electrons. The fraction of sp³-hybridized carbons (Fsp3) is 0.0741. The van der Waals surface area contributed by atoms with Crippen molar-refractivity contribution < 1.29 is 14.0 Å². The van der Waals surface area contributed by atoms with E-state index in [-0.39, 0.29) is 17.2 Å². The maximum Gasteiger partial charge on any atom is 0.267 e. The fourth-order valence-corrected chi connectivity index (χ4v) is 3.52. The van der Waals surface area contributed by atoms with Crippen molar-refractivity contribution >= 4 is 17.5 Å². The smallest absolute Gasteiger partial charge is 0.267 e. The van der Waals surface area contributed by atoms with Gasteiger partial charge in [0, 0.05) is 17.6 Å². The summed E-state index contributed by atoms with van der Waals surface area (Å²) in [5.41, 5.74) is 1.37. The highest BCUT2D eigenvalue weighted by atomic mass is 19.1. The Bertz CT molecular complexity index is 1380. The van der Waals surface area contributed by atoms with Gasteiger partial charge in [-0.1, -0.05) is 42.5 Å². The number of carbonyl (C=O) groups is 2. The maximum atomic E-state index is 13.8. The van der Waals surface area contributed by atoms with Gasteiger partial charge in [-0.25, -0.2) is 4.39 Å². The molecule has 4 rings (SSSR count). The maximum absolute atomic E-state index is 13.8. The summed E-state index contributed by atoms with van der Waals surface area (Å²) >= 11 is 0. The first-order valence-electron chi connectivity index (χ1n) is 10.7. The lowest BCUT2D eigenvalue weighted by Crippen LogP contribution is -2.33. The van der Waals surface area contributed by atoms with Crippen molar-refractivity contribution in [1.82, 2.24) is 9.88 Å². The average Bonchev–Trinajstić information content (AvgIpc) is 2.85. The van der Waals surface area contributed by atoms with Gasteiger partial charge < -0.3 is 10.6 Å². The van der Waals surface area contributed by atoms with Gasteiger partial charge in [0.1, 0.15) is 11.4 Å². The molecule has 0 radical (unpaired) electrons. The number of nitrogens with zero attached hydrogens (tertiary/aromatic N) is 1. The molecule has 34 heavy (non-hydrogen) atoms. The minimum absolute atomic E-state index is 0.0159. The Balaban J connectivity index is 1.51. The highest BCUT2D eigenvalue weighted by Gasteiger charge is 2.16. The summed E-state index contributed by atoms with van der Waals surface area (Å²) in [6.07, 6.45) is 1.56. The summed E-state index contributed by atoms with van der Waals surface area (Å²) in [7, 11) is 0. The number of halogens is 1. The molecule has 0 aliphatic rings. The van der Waals surface area contributed by atoms with Gasteiger partial charge >= 0.3 is 0 Å². The normalized spacial score (nSPS) is 11.5. The molecular weight excluding hydrogens is 433 g/mol. The zero-order chi connectivity index (χ0) is 24.1. The van der Waals surface area contributed by atoms with E-state index in [9.17, 15) is 18.8 Å². The van der Waals surface area contributed by atoms with Gasteiger partial charge in [0.05, 0.1) is 11.6 Å². The Morgan fingerprint density at radius 3 is 2.15 bits per heavy atom. The van der Waals surface area contributed by atoms with Crippen molar-refractivity contribution in [2.45, 2.75) is 13.0 Å². The van der Waals surface area contributed by atoms with Gasteiger partial charge in [0.2, 0.25) is 0 Å². The summed E-state index contributed by atoms with van der Waals surface area (Å²) < 4.78 is 15.2. The highest BCUT2D eigenvalue weighted by molar-refractivity contribution is 6.04. The predicted molar refractivity (Wildman–Crippen MR) is 129 cm³/mol. The van der Waals surface area contributed by atoms with Crippen LogP contribution >= 0.6 is 0 Å². The van der Waals surface area contributed by atoms with Crippen LogP contribution in [0.25, 0.3) is 5.69 Å². The van der Waals surface area contributed by atoms with Crippen molar-refractivity contribution in [3.8, 4) is 5.69 Å². The lowest BCUT2D eigenvalue weighted by molar-refractivity contribution is 0.0937. The number of anilines is 1. The number of nitrogens with one attached hydrogen (secondary N) is 2. The monoisotopic (exact) mass is 455 g/mol. The summed E-state index contributed by atoms with van der Waals surface area (Å²) in [6, 6.07) is 24.5. The first-order chi connectivity index (χ1) is 16.4. The van der Waals surface area contributed by atoms with Gasteiger partial charge in [0.15, 0.2) is 0 Å². The van der Waals surface area contributed by atoms with Crippen LogP contribution in [-0.2, 0) is 0 Å². The van der Waals surface area contributed by atoms with E-state index < -0.39 is 23.2 Å².